The van der Waals surface area contributed by atoms with E-state index >= 15 is 0 Å². The van der Waals surface area contributed by atoms with E-state index in [1.165, 1.54) is 0 Å². The first-order valence-corrected chi connectivity index (χ1v) is 5.34. The van der Waals surface area contributed by atoms with Crippen LogP contribution in [-0.2, 0) is 7.05 Å². The number of rotatable bonds is 3. The second-order valence-electron chi connectivity index (χ2n) is 3.72. The fourth-order valence-corrected chi connectivity index (χ4v) is 1.51. The third-order valence-electron chi connectivity index (χ3n) is 2.45. The van der Waals surface area contributed by atoms with Crippen molar-refractivity contribution in [1.82, 2.24) is 14.7 Å². The van der Waals surface area contributed by atoms with Gasteiger partial charge in [-0.05, 0) is 13.8 Å². The lowest BCUT2D eigenvalue weighted by molar-refractivity contribution is 0.0756. The summed E-state index contributed by atoms with van der Waals surface area (Å²) in [7, 11) is 3.55. The highest BCUT2D eigenvalue weighted by atomic mass is 35.5. The molecule has 84 valence electrons. The first kappa shape index (κ1) is 12.0. The summed E-state index contributed by atoms with van der Waals surface area (Å²) in [6.07, 6.45) is 1.73. The minimum atomic E-state index is -0.0336. The van der Waals surface area contributed by atoms with Gasteiger partial charge in [-0.1, -0.05) is 0 Å². The first-order chi connectivity index (χ1) is 6.97. The molecule has 1 rings (SSSR count). The number of halogens is 1. The van der Waals surface area contributed by atoms with Gasteiger partial charge in [0.2, 0.25) is 0 Å². The maximum atomic E-state index is 12.0. The molecule has 0 saturated heterocycles. The minimum absolute atomic E-state index is 0.0266. The molecule has 5 heteroatoms. The van der Waals surface area contributed by atoms with Crippen LogP contribution in [0.1, 0.15) is 23.0 Å². The molecule has 1 aromatic rings. The topological polar surface area (TPSA) is 38.1 Å². The summed E-state index contributed by atoms with van der Waals surface area (Å²) in [5, 5.41) is 4.14. The number of carbonyl (C=O) groups is 1. The van der Waals surface area contributed by atoms with Crippen LogP contribution < -0.4 is 0 Å². The number of nitrogens with zero attached hydrogens (tertiary/aromatic N) is 3. The lowest BCUT2D eigenvalue weighted by Gasteiger charge is -2.22. The Balaban J connectivity index is 2.89. The van der Waals surface area contributed by atoms with Gasteiger partial charge in [-0.2, -0.15) is 5.10 Å². The molecule has 0 radical (unpaired) electrons. The van der Waals surface area contributed by atoms with Crippen LogP contribution in [0.25, 0.3) is 0 Å². The van der Waals surface area contributed by atoms with E-state index in [2.05, 4.69) is 5.10 Å². The molecular formula is C10H16ClN3O. The lowest BCUT2D eigenvalue weighted by Crippen LogP contribution is -2.36. The highest BCUT2D eigenvalue weighted by molar-refractivity contribution is 6.18. The van der Waals surface area contributed by atoms with Gasteiger partial charge in [0.1, 0.15) is 0 Å². The number of hydrogen-bond acceptors (Lipinski definition) is 2. The number of amides is 1. The Morgan fingerprint density at radius 1 is 1.73 bits per heavy atom. The summed E-state index contributed by atoms with van der Waals surface area (Å²) in [5.41, 5.74) is 1.38. The number of alkyl halides is 1. The standard InChI is InChI=1S/C10H16ClN3O/c1-7(5-11)14(4)10(15)9-6-13(3)12-8(9)2/h6-7H,5H2,1-4H3. The van der Waals surface area contributed by atoms with Crippen LogP contribution in [-0.4, -0.2) is 39.6 Å². The van der Waals surface area contributed by atoms with Gasteiger partial charge in [0.15, 0.2) is 0 Å². The normalized spacial score (nSPS) is 12.6. The molecule has 1 aromatic heterocycles. The van der Waals surface area contributed by atoms with Gasteiger partial charge in [-0.15, -0.1) is 11.6 Å². The zero-order chi connectivity index (χ0) is 11.6. The Morgan fingerprint density at radius 3 is 2.73 bits per heavy atom. The monoisotopic (exact) mass is 229 g/mol. The summed E-state index contributed by atoms with van der Waals surface area (Å²) in [5.74, 6) is 0.399. The van der Waals surface area contributed by atoms with Crippen molar-refractivity contribution in [2.45, 2.75) is 19.9 Å². The smallest absolute Gasteiger partial charge is 0.257 e. The second-order valence-corrected chi connectivity index (χ2v) is 4.03. The van der Waals surface area contributed by atoms with Crippen LogP contribution in [0.4, 0.5) is 0 Å². The Kier molecular flexibility index (Phi) is 3.74. The zero-order valence-corrected chi connectivity index (χ0v) is 10.2. The molecule has 0 saturated carbocycles. The van der Waals surface area contributed by atoms with Gasteiger partial charge in [0.05, 0.1) is 11.3 Å². The van der Waals surface area contributed by atoms with Gasteiger partial charge in [-0.25, -0.2) is 0 Å². The van der Waals surface area contributed by atoms with E-state index in [-0.39, 0.29) is 11.9 Å². The summed E-state index contributed by atoms with van der Waals surface area (Å²) in [6, 6.07) is 0.0266. The molecule has 1 amide bonds. The van der Waals surface area contributed by atoms with E-state index in [9.17, 15) is 4.79 Å². The third-order valence-corrected chi connectivity index (χ3v) is 2.90. The largest absolute Gasteiger partial charge is 0.338 e. The first-order valence-electron chi connectivity index (χ1n) is 4.80. The predicted octanol–water partition coefficient (Wildman–Crippen LogP) is 1.43. The van der Waals surface area contributed by atoms with E-state index in [4.69, 9.17) is 11.6 Å². The van der Waals surface area contributed by atoms with Crippen LogP contribution in [0.3, 0.4) is 0 Å². The van der Waals surface area contributed by atoms with Crippen molar-refractivity contribution in [3.8, 4) is 0 Å². The van der Waals surface area contributed by atoms with Crippen molar-refractivity contribution in [2.75, 3.05) is 12.9 Å². The number of hydrogen-bond donors (Lipinski definition) is 0. The Hall–Kier alpha value is -1.03. The molecule has 15 heavy (non-hydrogen) atoms. The summed E-state index contributed by atoms with van der Waals surface area (Å²) >= 11 is 5.71. The van der Waals surface area contributed by atoms with Gasteiger partial charge in [0.25, 0.3) is 5.91 Å². The molecule has 1 atom stereocenters. The highest BCUT2D eigenvalue weighted by Crippen LogP contribution is 2.10. The maximum Gasteiger partial charge on any atom is 0.257 e. The molecular weight excluding hydrogens is 214 g/mol. The zero-order valence-electron chi connectivity index (χ0n) is 9.49. The summed E-state index contributed by atoms with van der Waals surface area (Å²) < 4.78 is 1.64. The van der Waals surface area contributed by atoms with Gasteiger partial charge >= 0.3 is 0 Å². The molecule has 0 N–H and O–H groups in total. The number of aryl methyl sites for hydroxylation is 2. The average molecular weight is 230 g/mol. The van der Waals surface area contributed by atoms with Crippen LogP contribution >= 0.6 is 11.6 Å². The molecule has 0 aliphatic rings. The molecule has 1 unspecified atom stereocenters. The quantitative estimate of drug-likeness (QED) is 0.736. The van der Waals surface area contributed by atoms with Crippen molar-refractivity contribution in [3.05, 3.63) is 17.5 Å². The molecule has 0 bridgehead atoms. The minimum Gasteiger partial charge on any atom is -0.338 e. The summed E-state index contributed by atoms with van der Waals surface area (Å²) in [6.45, 7) is 3.74. The lowest BCUT2D eigenvalue weighted by atomic mass is 10.2. The van der Waals surface area contributed by atoms with Crippen molar-refractivity contribution < 1.29 is 4.79 Å². The van der Waals surface area contributed by atoms with Gasteiger partial charge in [-0.3, -0.25) is 9.48 Å². The van der Waals surface area contributed by atoms with Crippen LogP contribution in [0.15, 0.2) is 6.20 Å². The number of carbonyl (C=O) groups excluding carboxylic acids is 1. The Labute approximate surface area is 94.8 Å². The van der Waals surface area contributed by atoms with E-state index in [0.29, 0.717) is 11.4 Å². The molecule has 0 aliphatic carbocycles. The molecule has 0 fully saturated rings. The molecule has 0 aromatic carbocycles. The van der Waals surface area contributed by atoms with E-state index in [1.807, 2.05) is 13.8 Å². The van der Waals surface area contributed by atoms with Crippen LogP contribution in [0.2, 0.25) is 0 Å². The fourth-order valence-electron chi connectivity index (χ4n) is 1.30. The third kappa shape index (κ3) is 2.50. The van der Waals surface area contributed by atoms with Crippen LogP contribution in [0, 0.1) is 6.92 Å². The Morgan fingerprint density at radius 2 is 2.33 bits per heavy atom. The Bertz CT molecular complexity index is 362. The second kappa shape index (κ2) is 4.66. The van der Waals surface area contributed by atoms with E-state index in [1.54, 1.807) is 29.9 Å². The summed E-state index contributed by atoms with van der Waals surface area (Å²) in [4.78, 5) is 13.6. The van der Waals surface area contributed by atoms with E-state index < -0.39 is 0 Å². The predicted molar refractivity (Wildman–Crippen MR) is 60.2 cm³/mol. The average Bonchev–Trinajstić information content (AvgIpc) is 2.54. The molecule has 0 spiro atoms. The van der Waals surface area contributed by atoms with Crippen LogP contribution in [0.5, 0.6) is 0 Å². The maximum absolute atomic E-state index is 12.0. The fraction of sp³-hybridized carbons (Fsp3) is 0.600. The van der Waals surface area contributed by atoms with Gasteiger partial charge in [0, 0.05) is 32.2 Å². The molecule has 0 aliphatic heterocycles. The molecule has 1 heterocycles. The number of aromatic nitrogens is 2. The van der Waals surface area contributed by atoms with E-state index in [0.717, 1.165) is 5.69 Å². The SMILES string of the molecule is Cc1nn(C)cc1C(=O)N(C)C(C)CCl. The van der Waals surface area contributed by atoms with Gasteiger partial charge < -0.3 is 4.90 Å². The van der Waals surface area contributed by atoms with Crippen molar-refractivity contribution >= 4 is 17.5 Å². The molecule has 4 nitrogen and oxygen atoms in total. The van der Waals surface area contributed by atoms with Crippen molar-refractivity contribution in [2.24, 2.45) is 7.05 Å². The highest BCUT2D eigenvalue weighted by Gasteiger charge is 2.20. The van der Waals surface area contributed by atoms with Crippen molar-refractivity contribution in [1.29, 1.82) is 0 Å². The van der Waals surface area contributed by atoms with Crippen molar-refractivity contribution in [3.63, 3.8) is 0 Å².